The highest BCUT2D eigenvalue weighted by atomic mass is 16.2. The Morgan fingerprint density at radius 2 is 1.84 bits per heavy atom. The van der Waals surface area contributed by atoms with Gasteiger partial charge in [-0.05, 0) is 37.5 Å². The number of nitrogens with zero attached hydrogens (tertiary/aromatic N) is 1. The van der Waals surface area contributed by atoms with Crippen molar-refractivity contribution in [2.45, 2.75) is 73.1 Å². The van der Waals surface area contributed by atoms with E-state index in [1.165, 1.54) is 25.7 Å². The van der Waals surface area contributed by atoms with Gasteiger partial charge in [-0.3, -0.25) is 4.79 Å². The van der Waals surface area contributed by atoms with Crippen LogP contribution in [0.5, 0.6) is 0 Å². The number of likely N-dealkylation sites (tertiary alicyclic amines) is 1. The summed E-state index contributed by atoms with van der Waals surface area (Å²) in [5, 5.41) is 0. The lowest BCUT2D eigenvalue weighted by atomic mass is 9.78. The molecule has 1 aliphatic heterocycles. The third kappa shape index (κ3) is 4.50. The molecular formula is C17H33NO. The molecule has 0 aromatic carbocycles. The molecule has 0 aromatic rings. The first kappa shape index (κ1) is 16.5. The Hall–Kier alpha value is -0.530. The number of piperidine rings is 1. The number of carbonyl (C=O) groups excluding carboxylic acids is 1. The van der Waals surface area contributed by atoms with E-state index >= 15 is 0 Å². The number of hydrogen-bond donors (Lipinski definition) is 0. The summed E-state index contributed by atoms with van der Waals surface area (Å²) in [6, 6.07) is 0. The first-order valence-corrected chi connectivity index (χ1v) is 8.22. The Morgan fingerprint density at radius 3 is 2.26 bits per heavy atom. The van der Waals surface area contributed by atoms with Crippen LogP contribution in [0.4, 0.5) is 0 Å². The second-order valence-corrected chi connectivity index (χ2v) is 7.04. The van der Waals surface area contributed by atoms with E-state index in [0.717, 1.165) is 31.8 Å². The molecule has 1 heterocycles. The van der Waals surface area contributed by atoms with Crippen molar-refractivity contribution < 1.29 is 4.79 Å². The normalized spacial score (nSPS) is 20.6. The lowest BCUT2D eigenvalue weighted by Crippen LogP contribution is -2.46. The number of rotatable bonds is 6. The molecule has 112 valence electrons. The second-order valence-electron chi connectivity index (χ2n) is 7.04. The Labute approximate surface area is 119 Å². The van der Waals surface area contributed by atoms with Crippen LogP contribution in [0.3, 0.4) is 0 Å². The number of amides is 1. The van der Waals surface area contributed by atoms with E-state index in [-0.39, 0.29) is 5.41 Å². The van der Waals surface area contributed by atoms with Gasteiger partial charge in [-0.15, -0.1) is 0 Å². The quantitative estimate of drug-likeness (QED) is 0.694. The highest BCUT2D eigenvalue weighted by molar-refractivity contribution is 5.82. The predicted molar refractivity (Wildman–Crippen MR) is 82.1 cm³/mol. The van der Waals surface area contributed by atoms with Crippen LogP contribution in [-0.2, 0) is 4.79 Å². The molecular weight excluding hydrogens is 234 g/mol. The Kier molecular flexibility index (Phi) is 6.35. The van der Waals surface area contributed by atoms with Gasteiger partial charge in [0.15, 0.2) is 0 Å². The molecule has 2 nitrogen and oxygen atoms in total. The van der Waals surface area contributed by atoms with Gasteiger partial charge < -0.3 is 4.90 Å². The summed E-state index contributed by atoms with van der Waals surface area (Å²) >= 11 is 0. The molecule has 0 aromatic heterocycles. The zero-order chi connectivity index (χ0) is 14.5. The van der Waals surface area contributed by atoms with Crippen molar-refractivity contribution in [2.24, 2.45) is 17.3 Å². The maximum absolute atomic E-state index is 12.8. The van der Waals surface area contributed by atoms with Crippen LogP contribution in [0, 0.1) is 17.3 Å². The minimum Gasteiger partial charge on any atom is -0.342 e. The predicted octanol–water partition coefficient (Wildman–Crippen LogP) is 4.49. The average Bonchev–Trinajstić information content (AvgIpc) is 2.38. The third-order valence-electron chi connectivity index (χ3n) is 4.75. The molecule has 0 aliphatic carbocycles. The molecule has 1 saturated heterocycles. The monoisotopic (exact) mass is 267 g/mol. The standard InChI is InChI=1S/C17H33NO/c1-6-8-15-9-11-18(12-10-15)16(19)17(5,7-2)13-14(3)4/h14-15H,6-13H2,1-5H3. The fourth-order valence-electron chi connectivity index (χ4n) is 3.50. The maximum Gasteiger partial charge on any atom is 0.228 e. The van der Waals surface area contributed by atoms with Crippen molar-refractivity contribution in [1.29, 1.82) is 0 Å². The molecule has 1 fully saturated rings. The summed E-state index contributed by atoms with van der Waals surface area (Å²) in [6.45, 7) is 13.0. The van der Waals surface area contributed by atoms with Crippen molar-refractivity contribution in [3.63, 3.8) is 0 Å². The molecule has 0 N–H and O–H groups in total. The summed E-state index contributed by atoms with van der Waals surface area (Å²) in [5.74, 6) is 1.84. The zero-order valence-corrected chi connectivity index (χ0v) is 13.7. The molecule has 2 heteroatoms. The minimum atomic E-state index is -0.147. The van der Waals surface area contributed by atoms with E-state index in [2.05, 4.69) is 39.5 Å². The van der Waals surface area contributed by atoms with Gasteiger partial charge in [0, 0.05) is 18.5 Å². The van der Waals surface area contributed by atoms with Gasteiger partial charge >= 0.3 is 0 Å². The SMILES string of the molecule is CCCC1CCN(C(=O)C(C)(CC)CC(C)C)CC1. The number of hydrogen-bond acceptors (Lipinski definition) is 1. The Morgan fingerprint density at radius 1 is 1.26 bits per heavy atom. The summed E-state index contributed by atoms with van der Waals surface area (Å²) in [5.41, 5.74) is -0.147. The van der Waals surface area contributed by atoms with Crippen molar-refractivity contribution in [1.82, 2.24) is 4.90 Å². The Balaban J connectivity index is 2.57. The fourth-order valence-corrected chi connectivity index (χ4v) is 3.50. The highest BCUT2D eigenvalue weighted by Crippen LogP contribution is 2.34. The van der Waals surface area contributed by atoms with Crippen LogP contribution < -0.4 is 0 Å². The van der Waals surface area contributed by atoms with Gasteiger partial charge in [0.2, 0.25) is 5.91 Å². The van der Waals surface area contributed by atoms with Gasteiger partial charge in [0.05, 0.1) is 0 Å². The largest absolute Gasteiger partial charge is 0.342 e. The summed E-state index contributed by atoms with van der Waals surface area (Å²) in [6.07, 6.45) is 7.00. The zero-order valence-electron chi connectivity index (χ0n) is 13.7. The molecule has 1 rings (SSSR count). The van der Waals surface area contributed by atoms with E-state index in [1.54, 1.807) is 0 Å². The van der Waals surface area contributed by atoms with Gasteiger partial charge in [-0.2, -0.15) is 0 Å². The smallest absolute Gasteiger partial charge is 0.228 e. The first-order valence-electron chi connectivity index (χ1n) is 8.22. The summed E-state index contributed by atoms with van der Waals surface area (Å²) in [7, 11) is 0. The van der Waals surface area contributed by atoms with Gasteiger partial charge in [0.25, 0.3) is 0 Å². The minimum absolute atomic E-state index is 0.147. The molecule has 19 heavy (non-hydrogen) atoms. The fraction of sp³-hybridized carbons (Fsp3) is 0.941. The topological polar surface area (TPSA) is 20.3 Å². The van der Waals surface area contributed by atoms with E-state index in [9.17, 15) is 4.79 Å². The molecule has 1 aliphatic rings. The van der Waals surface area contributed by atoms with Crippen LogP contribution in [0.2, 0.25) is 0 Å². The van der Waals surface area contributed by atoms with E-state index < -0.39 is 0 Å². The lowest BCUT2D eigenvalue weighted by Gasteiger charge is -2.39. The van der Waals surface area contributed by atoms with E-state index in [4.69, 9.17) is 0 Å². The van der Waals surface area contributed by atoms with Gasteiger partial charge in [-0.25, -0.2) is 0 Å². The molecule has 0 bridgehead atoms. The molecule has 0 spiro atoms. The Bertz CT molecular complexity index is 279. The van der Waals surface area contributed by atoms with Crippen molar-refractivity contribution in [2.75, 3.05) is 13.1 Å². The van der Waals surface area contributed by atoms with E-state index in [0.29, 0.717) is 11.8 Å². The van der Waals surface area contributed by atoms with Crippen molar-refractivity contribution >= 4 is 5.91 Å². The second kappa shape index (κ2) is 7.31. The van der Waals surface area contributed by atoms with Gasteiger partial charge in [-0.1, -0.05) is 47.5 Å². The molecule has 0 radical (unpaired) electrons. The summed E-state index contributed by atoms with van der Waals surface area (Å²) < 4.78 is 0. The third-order valence-corrected chi connectivity index (χ3v) is 4.75. The van der Waals surface area contributed by atoms with Crippen LogP contribution in [0.25, 0.3) is 0 Å². The maximum atomic E-state index is 12.8. The molecule has 0 saturated carbocycles. The molecule has 1 amide bonds. The average molecular weight is 267 g/mol. The molecule has 1 unspecified atom stereocenters. The molecule has 1 atom stereocenters. The van der Waals surface area contributed by atoms with Crippen molar-refractivity contribution in [3.8, 4) is 0 Å². The highest BCUT2D eigenvalue weighted by Gasteiger charge is 2.36. The van der Waals surface area contributed by atoms with Crippen LogP contribution in [-0.4, -0.2) is 23.9 Å². The summed E-state index contributed by atoms with van der Waals surface area (Å²) in [4.78, 5) is 14.9. The van der Waals surface area contributed by atoms with Crippen LogP contribution in [0.15, 0.2) is 0 Å². The van der Waals surface area contributed by atoms with Crippen molar-refractivity contribution in [3.05, 3.63) is 0 Å². The van der Waals surface area contributed by atoms with E-state index in [1.807, 2.05) is 0 Å². The van der Waals surface area contributed by atoms with Gasteiger partial charge in [0.1, 0.15) is 0 Å². The lowest BCUT2D eigenvalue weighted by molar-refractivity contribution is -0.144. The number of carbonyl (C=O) groups is 1. The van der Waals surface area contributed by atoms with Crippen LogP contribution >= 0.6 is 0 Å². The van der Waals surface area contributed by atoms with Crippen LogP contribution in [0.1, 0.15) is 73.1 Å². The first-order chi connectivity index (χ1) is 8.92.